The first-order valence-electron chi connectivity index (χ1n) is 12.9. The molecule has 1 unspecified atom stereocenters. The number of benzene rings is 1. The highest BCUT2D eigenvalue weighted by atomic mass is 19.4. The van der Waals surface area contributed by atoms with E-state index in [0.29, 0.717) is 19.2 Å². The predicted octanol–water partition coefficient (Wildman–Crippen LogP) is 6.33. The van der Waals surface area contributed by atoms with Gasteiger partial charge < -0.3 is 9.47 Å². The summed E-state index contributed by atoms with van der Waals surface area (Å²) in [5.74, 6) is -0.560. The van der Waals surface area contributed by atoms with Crippen LogP contribution in [-0.2, 0) is 21.9 Å². The number of urea groups is 1. The maximum Gasteiger partial charge on any atom is 0.435 e. The lowest BCUT2D eigenvalue weighted by Gasteiger charge is -2.23. The van der Waals surface area contributed by atoms with Crippen molar-refractivity contribution in [1.29, 1.82) is 0 Å². The normalized spacial score (nSPS) is 18.1. The Balaban J connectivity index is 1.22. The largest absolute Gasteiger partial charge is 0.456 e. The maximum atomic E-state index is 13.8. The third-order valence-corrected chi connectivity index (χ3v) is 6.88. The second-order valence-electron chi connectivity index (χ2n) is 9.78. The Labute approximate surface area is 238 Å². The van der Waals surface area contributed by atoms with E-state index < -0.39 is 48.3 Å². The number of halogens is 6. The van der Waals surface area contributed by atoms with Gasteiger partial charge in [-0.1, -0.05) is 0 Å². The smallest absolute Gasteiger partial charge is 0.435 e. The summed E-state index contributed by atoms with van der Waals surface area (Å²) in [5.41, 5.74) is -2.30. The number of nitrogens with zero attached hydrogens (tertiary/aromatic N) is 6. The lowest BCUT2D eigenvalue weighted by Crippen LogP contribution is -2.33. The average Bonchev–Trinajstić information content (AvgIpc) is 3.50. The van der Waals surface area contributed by atoms with Crippen molar-refractivity contribution >= 4 is 34.3 Å². The number of amides is 3. The molecule has 4 aromatic rings. The predicted molar refractivity (Wildman–Crippen MR) is 137 cm³/mol. The van der Waals surface area contributed by atoms with E-state index in [4.69, 9.17) is 9.47 Å². The quantitative estimate of drug-likeness (QED) is 0.193. The van der Waals surface area contributed by atoms with E-state index in [1.807, 2.05) is 0 Å². The van der Waals surface area contributed by atoms with Gasteiger partial charge >= 0.3 is 18.4 Å². The van der Waals surface area contributed by atoms with Crippen LogP contribution in [0, 0.1) is 0 Å². The summed E-state index contributed by atoms with van der Waals surface area (Å²) in [6.45, 7) is -0.105. The van der Waals surface area contributed by atoms with Gasteiger partial charge in [-0.2, -0.15) is 31.4 Å². The van der Waals surface area contributed by atoms with Crippen LogP contribution < -0.4 is 14.5 Å². The number of fused-ring (bicyclic) bond motifs is 1. The van der Waals surface area contributed by atoms with Gasteiger partial charge in [0.1, 0.15) is 18.0 Å². The second-order valence-corrected chi connectivity index (χ2v) is 9.78. The SMILES string of the molecule is O=C1CN(c2cncc(C(F)(F)F)c2)C(=O)N1c1ccc(Oc2cnc3c(c2)c(C(F)(F)F)nn3C2CCCCO2)cc1. The molecule has 43 heavy (non-hydrogen) atoms. The van der Waals surface area contributed by atoms with Crippen LogP contribution in [0.3, 0.4) is 0 Å². The monoisotopic (exact) mass is 606 g/mol. The number of anilines is 2. The molecule has 2 aliphatic rings. The molecule has 10 nitrogen and oxygen atoms in total. The van der Waals surface area contributed by atoms with Crippen molar-refractivity contribution in [1.82, 2.24) is 19.7 Å². The summed E-state index contributed by atoms with van der Waals surface area (Å²) >= 11 is 0. The molecule has 0 radical (unpaired) electrons. The molecule has 16 heteroatoms. The molecule has 1 atom stereocenters. The fourth-order valence-corrected chi connectivity index (χ4v) is 4.87. The number of alkyl halides is 6. The highest BCUT2D eigenvalue weighted by molar-refractivity contribution is 6.26. The standard InChI is InChI=1S/C27H20F6N6O4/c28-26(29,30)15-9-17(12-34-11-15)37-14-21(40)38(25(37)41)16-4-6-18(7-5-16)43-19-10-20-23(27(31,32)33)36-39(24(20)35-13-19)22-3-1-2-8-42-22/h4-7,9-13,22H,1-3,8,14H2. The number of imide groups is 1. The summed E-state index contributed by atoms with van der Waals surface area (Å²) in [7, 11) is 0. The highest BCUT2D eigenvalue weighted by Gasteiger charge is 2.40. The number of carbonyl (C=O) groups excluding carboxylic acids is 2. The summed E-state index contributed by atoms with van der Waals surface area (Å²) in [6, 6.07) is 6.46. The highest BCUT2D eigenvalue weighted by Crippen LogP contribution is 2.38. The average molecular weight is 606 g/mol. The number of hydrogen-bond acceptors (Lipinski definition) is 7. The molecule has 1 aromatic carbocycles. The zero-order valence-corrected chi connectivity index (χ0v) is 21.9. The number of carbonyl (C=O) groups is 2. The Morgan fingerprint density at radius 3 is 2.33 bits per heavy atom. The van der Waals surface area contributed by atoms with E-state index >= 15 is 0 Å². The van der Waals surface area contributed by atoms with Crippen LogP contribution in [0.4, 0.5) is 42.5 Å². The minimum absolute atomic E-state index is 0.00601. The lowest BCUT2D eigenvalue weighted by atomic mass is 10.2. The first kappa shape index (κ1) is 28.4. The van der Waals surface area contributed by atoms with Crippen LogP contribution in [0.1, 0.15) is 36.7 Å². The second kappa shape index (κ2) is 10.5. The molecule has 0 spiro atoms. The Hall–Kier alpha value is -4.73. The van der Waals surface area contributed by atoms with Crippen molar-refractivity contribution in [2.75, 3.05) is 23.0 Å². The molecule has 0 saturated carbocycles. The van der Waals surface area contributed by atoms with Crippen molar-refractivity contribution in [3.05, 3.63) is 66.2 Å². The zero-order chi connectivity index (χ0) is 30.5. The molecule has 3 aromatic heterocycles. The Morgan fingerprint density at radius 2 is 1.65 bits per heavy atom. The summed E-state index contributed by atoms with van der Waals surface area (Å²) in [6.07, 6.45) is -5.15. The van der Waals surface area contributed by atoms with E-state index in [0.717, 1.165) is 39.6 Å². The Kier molecular flexibility index (Phi) is 6.95. The Bertz CT molecular complexity index is 1700. The fourth-order valence-electron chi connectivity index (χ4n) is 4.87. The van der Waals surface area contributed by atoms with E-state index in [-0.39, 0.29) is 33.9 Å². The van der Waals surface area contributed by atoms with Crippen LogP contribution in [-0.4, -0.2) is 44.8 Å². The van der Waals surface area contributed by atoms with Gasteiger partial charge in [0.05, 0.1) is 34.7 Å². The molecule has 6 rings (SSSR count). The molecule has 2 saturated heterocycles. The van der Waals surface area contributed by atoms with E-state index in [9.17, 15) is 35.9 Å². The number of ether oxygens (including phenoxy) is 2. The zero-order valence-electron chi connectivity index (χ0n) is 21.9. The molecular weight excluding hydrogens is 586 g/mol. The van der Waals surface area contributed by atoms with Gasteiger partial charge in [0.15, 0.2) is 17.6 Å². The van der Waals surface area contributed by atoms with Crippen molar-refractivity contribution in [2.45, 2.75) is 37.8 Å². The lowest BCUT2D eigenvalue weighted by molar-refractivity contribution is -0.141. The molecule has 0 N–H and O–H groups in total. The van der Waals surface area contributed by atoms with Gasteiger partial charge in [0.2, 0.25) is 0 Å². The molecule has 2 fully saturated rings. The van der Waals surface area contributed by atoms with Crippen LogP contribution in [0.5, 0.6) is 11.5 Å². The van der Waals surface area contributed by atoms with E-state index in [2.05, 4.69) is 15.1 Å². The molecule has 3 amide bonds. The molecular formula is C27H20F6N6O4. The van der Waals surface area contributed by atoms with Crippen LogP contribution in [0.15, 0.2) is 55.0 Å². The first-order chi connectivity index (χ1) is 20.4. The van der Waals surface area contributed by atoms with Gasteiger partial charge in [0.25, 0.3) is 5.91 Å². The van der Waals surface area contributed by atoms with Gasteiger partial charge in [-0.15, -0.1) is 0 Å². The van der Waals surface area contributed by atoms with Gasteiger partial charge in [0, 0.05) is 12.8 Å². The van der Waals surface area contributed by atoms with Crippen molar-refractivity contribution in [3.8, 4) is 11.5 Å². The molecule has 0 aliphatic carbocycles. The van der Waals surface area contributed by atoms with Crippen molar-refractivity contribution in [2.24, 2.45) is 0 Å². The van der Waals surface area contributed by atoms with Crippen LogP contribution in [0.25, 0.3) is 11.0 Å². The minimum atomic E-state index is -4.76. The summed E-state index contributed by atoms with van der Waals surface area (Å²) in [4.78, 5) is 35.0. The topological polar surface area (TPSA) is 103 Å². The molecule has 0 bridgehead atoms. The third-order valence-electron chi connectivity index (χ3n) is 6.88. The van der Waals surface area contributed by atoms with Crippen LogP contribution in [0.2, 0.25) is 0 Å². The summed E-state index contributed by atoms with van der Waals surface area (Å²) < 4.78 is 93.2. The Morgan fingerprint density at radius 1 is 0.884 bits per heavy atom. The number of hydrogen-bond donors (Lipinski definition) is 0. The fraction of sp³-hybridized carbons (Fsp3) is 0.296. The number of rotatable bonds is 5. The van der Waals surface area contributed by atoms with Gasteiger partial charge in [-0.25, -0.2) is 19.4 Å². The summed E-state index contributed by atoms with van der Waals surface area (Å²) in [5, 5.41) is 3.49. The van der Waals surface area contributed by atoms with Crippen molar-refractivity contribution in [3.63, 3.8) is 0 Å². The molecule has 5 heterocycles. The minimum Gasteiger partial charge on any atom is -0.456 e. The van der Waals surface area contributed by atoms with Gasteiger partial charge in [-0.05, 0) is 55.7 Å². The maximum absolute atomic E-state index is 13.8. The third kappa shape index (κ3) is 5.45. The number of pyridine rings is 2. The molecule has 2 aliphatic heterocycles. The molecule has 224 valence electrons. The van der Waals surface area contributed by atoms with Crippen molar-refractivity contribution < 1.29 is 45.4 Å². The first-order valence-corrected chi connectivity index (χ1v) is 12.9. The van der Waals surface area contributed by atoms with E-state index in [1.165, 1.54) is 36.5 Å². The van der Waals surface area contributed by atoms with Gasteiger partial charge in [-0.3, -0.25) is 14.7 Å². The number of aromatic nitrogens is 4. The van der Waals surface area contributed by atoms with E-state index in [1.54, 1.807) is 0 Å². The van der Waals surface area contributed by atoms with Crippen LogP contribution >= 0.6 is 0 Å².